The lowest BCUT2D eigenvalue weighted by molar-refractivity contribution is 0.443. The van der Waals surface area contributed by atoms with Gasteiger partial charge in [0.05, 0.1) is 5.69 Å². The highest BCUT2D eigenvalue weighted by molar-refractivity contribution is 5.84. The summed E-state index contributed by atoms with van der Waals surface area (Å²) in [6.45, 7) is 4.55. The predicted octanol–water partition coefficient (Wildman–Crippen LogP) is 4.84. The van der Waals surface area contributed by atoms with Crippen LogP contribution in [-0.2, 0) is 0 Å². The molecule has 0 amide bonds. The van der Waals surface area contributed by atoms with Gasteiger partial charge in [-0.3, -0.25) is 4.98 Å². The number of aromatic nitrogens is 1. The van der Waals surface area contributed by atoms with E-state index in [0.29, 0.717) is 5.92 Å². The largest absolute Gasteiger partial charge is 0.257 e. The lowest BCUT2D eigenvalue weighted by Crippen LogP contribution is -2.36. The molecule has 5 rings (SSSR count). The highest BCUT2D eigenvalue weighted by atomic mass is 14.7. The Morgan fingerprint density at radius 2 is 1.78 bits per heavy atom. The second-order valence-electron chi connectivity index (χ2n) is 8.13. The molecule has 1 heteroatoms. The van der Waals surface area contributed by atoms with Gasteiger partial charge < -0.3 is 0 Å². The van der Waals surface area contributed by atoms with E-state index in [2.05, 4.69) is 80.6 Å². The van der Waals surface area contributed by atoms with E-state index < -0.39 is 0 Å². The summed E-state index contributed by atoms with van der Waals surface area (Å²) in [6, 6.07) is 19.7. The molecule has 1 saturated carbocycles. The fourth-order valence-electron chi connectivity index (χ4n) is 5.15. The summed E-state index contributed by atoms with van der Waals surface area (Å²) in [7, 11) is 0. The maximum absolute atomic E-state index is 4.78. The van der Waals surface area contributed by atoms with Crippen molar-refractivity contribution in [1.82, 2.24) is 4.98 Å². The molecule has 0 aliphatic heterocycles. The molecule has 0 spiro atoms. The first kappa shape index (κ1) is 16.5. The SMILES string of the molecule is CC=CC1(C2CC=c3cc4ccccc4cc3=C2c2ccccn2)CC1C. The number of nitrogens with zero attached hydrogens (tertiary/aromatic N) is 1. The quantitative estimate of drug-likeness (QED) is 0.616. The molecule has 0 saturated heterocycles. The zero-order valence-corrected chi connectivity index (χ0v) is 16.0. The zero-order chi connectivity index (χ0) is 18.4. The number of pyridine rings is 1. The van der Waals surface area contributed by atoms with Gasteiger partial charge in [-0.2, -0.15) is 0 Å². The van der Waals surface area contributed by atoms with Crippen LogP contribution in [0.15, 0.2) is 72.9 Å². The normalized spacial score (nSPS) is 26.8. The Bertz CT molecular complexity index is 1160. The molecule has 1 nitrogen and oxygen atoms in total. The van der Waals surface area contributed by atoms with E-state index >= 15 is 0 Å². The minimum absolute atomic E-state index is 0.279. The highest BCUT2D eigenvalue weighted by Gasteiger charge is 2.55. The molecular formula is C26H25N. The van der Waals surface area contributed by atoms with Crippen molar-refractivity contribution in [3.8, 4) is 0 Å². The van der Waals surface area contributed by atoms with Crippen LogP contribution >= 0.6 is 0 Å². The molecule has 1 heterocycles. The Kier molecular flexibility index (Phi) is 3.79. The Hall–Kier alpha value is -2.67. The molecule has 0 bridgehead atoms. The fraction of sp³-hybridized carbons (Fsp3) is 0.269. The Balaban J connectivity index is 1.84. The summed E-state index contributed by atoms with van der Waals surface area (Å²) in [5, 5.41) is 5.35. The van der Waals surface area contributed by atoms with Crippen LogP contribution < -0.4 is 10.4 Å². The Labute approximate surface area is 160 Å². The zero-order valence-electron chi connectivity index (χ0n) is 16.0. The van der Waals surface area contributed by atoms with Crippen molar-refractivity contribution >= 4 is 22.4 Å². The average Bonchev–Trinajstić information content (AvgIpc) is 3.36. The maximum atomic E-state index is 4.78. The first-order chi connectivity index (χ1) is 13.2. The molecule has 1 aromatic heterocycles. The standard InChI is InChI=1S/C26H25N/c1-3-13-26(17-18(26)2)23-12-11-21-15-19-8-4-5-9-20(19)16-22(21)25(23)24-10-6-7-14-27-24/h3-11,13-16,18,23H,12,17H2,1-2H3. The number of hydrogen-bond donors (Lipinski definition) is 0. The topological polar surface area (TPSA) is 12.9 Å². The second-order valence-corrected chi connectivity index (χ2v) is 8.13. The predicted molar refractivity (Wildman–Crippen MR) is 114 cm³/mol. The third-order valence-corrected chi connectivity index (χ3v) is 6.61. The van der Waals surface area contributed by atoms with Gasteiger partial charge in [0.2, 0.25) is 0 Å². The highest BCUT2D eigenvalue weighted by Crippen LogP contribution is 2.62. The van der Waals surface area contributed by atoms with Crippen molar-refractivity contribution in [2.24, 2.45) is 17.3 Å². The number of fused-ring (bicyclic) bond motifs is 2. The summed E-state index contributed by atoms with van der Waals surface area (Å²) in [5.41, 5.74) is 2.85. The van der Waals surface area contributed by atoms with Crippen molar-refractivity contribution in [1.29, 1.82) is 0 Å². The first-order valence-electron chi connectivity index (χ1n) is 10.0. The molecular weight excluding hydrogens is 326 g/mol. The molecule has 2 aliphatic rings. The smallest absolute Gasteiger partial charge is 0.0671 e. The summed E-state index contributed by atoms with van der Waals surface area (Å²) < 4.78 is 0. The minimum Gasteiger partial charge on any atom is -0.257 e. The van der Waals surface area contributed by atoms with Gasteiger partial charge in [-0.05, 0) is 88.1 Å². The number of hydrogen-bond acceptors (Lipinski definition) is 1. The lowest BCUT2D eigenvalue weighted by atomic mass is 9.74. The van der Waals surface area contributed by atoms with E-state index in [1.807, 2.05) is 12.3 Å². The van der Waals surface area contributed by atoms with E-state index in [1.165, 1.54) is 33.2 Å². The minimum atomic E-state index is 0.279. The molecule has 3 atom stereocenters. The van der Waals surface area contributed by atoms with Crippen LogP contribution in [0.3, 0.4) is 0 Å². The molecule has 2 aromatic carbocycles. The summed E-state index contributed by atoms with van der Waals surface area (Å²) in [5.74, 6) is 1.22. The fourth-order valence-corrected chi connectivity index (χ4v) is 5.15. The summed E-state index contributed by atoms with van der Waals surface area (Å²) in [4.78, 5) is 4.78. The van der Waals surface area contributed by atoms with Gasteiger partial charge >= 0.3 is 0 Å². The van der Waals surface area contributed by atoms with Gasteiger partial charge in [-0.1, -0.05) is 55.5 Å². The van der Waals surface area contributed by atoms with Gasteiger partial charge in [0, 0.05) is 6.20 Å². The van der Waals surface area contributed by atoms with Gasteiger partial charge in [-0.15, -0.1) is 0 Å². The van der Waals surface area contributed by atoms with E-state index in [-0.39, 0.29) is 5.41 Å². The van der Waals surface area contributed by atoms with Crippen molar-refractivity contribution in [2.45, 2.75) is 26.7 Å². The summed E-state index contributed by atoms with van der Waals surface area (Å²) in [6.07, 6.45) is 11.5. The van der Waals surface area contributed by atoms with Crippen LogP contribution in [0.25, 0.3) is 22.4 Å². The number of benzene rings is 2. The second kappa shape index (κ2) is 6.20. The first-order valence-corrected chi connectivity index (χ1v) is 10.0. The molecule has 2 aliphatic carbocycles. The molecule has 27 heavy (non-hydrogen) atoms. The van der Waals surface area contributed by atoms with E-state index in [1.54, 1.807) is 0 Å². The summed E-state index contributed by atoms with van der Waals surface area (Å²) >= 11 is 0. The number of allylic oxidation sites excluding steroid dienone is 2. The van der Waals surface area contributed by atoms with Crippen LogP contribution in [0.2, 0.25) is 0 Å². The maximum Gasteiger partial charge on any atom is 0.0671 e. The van der Waals surface area contributed by atoms with Crippen molar-refractivity contribution in [3.63, 3.8) is 0 Å². The van der Waals surface area contributed by atoms with Crippen LogP contribution in [0, 0.1) is 17.3 Å². The van der Waals surface area contributed by atoms with Crippen LogP contribution in [0.4, 0.5) is 0 Å². The molecule has 0 N–H and O–H groups in total. The van der Waals surface area contributed by atoms with Crippen LogP contribution in [-0.4, -0.2) is 4.98 Å². The van der Waals surface area contributed by atoms with Crippen LogP contribution in [0.5, 0.6) is 0 Å². The molecule has 0 radical (unpaired) electrons. The Morgan fingerprint density at radius 3 is 2.44 bits per heavy atom. The van der Waals surface area contributed by atoms with E-state index in [4.69, 9.17) is 4.98 Å². The molecule has 3 unspecified atom stereocenters. The third-order valence-electron chi connectivity index (χ3n) is 6.61. The van der Waals surface area contributed by atoms with Crippen LogP contribution in [0.1, 0.15) is 32.4 Å². The van der Waals surface area contributed by atoms with Crippen molar-refractivity contribution < 1.29 is 0 Å². The molecule has 134 valence electrons. The average molecular weight is 351 g/mol. The van der Waals surface area contributed by atoms with Gasteiger partial charge in [0.1, 0.15) is 0 Å². The Morgan fingerprint density at radius 1 is 1.04 bits per heavy atom. The molecule has 1 fully saturated rings. The van der Waals surface area contributed by atoms with Gasteiger partial charge in [0.15, 0.2) is 0 Å². The lowest BCUT2D eigenvalue weighted by Gasteiger charge is -2.30. The van der Waals surface area contributed by atoms with E-state index in [0.717, 1.165) is 18.0 Å². The number of rotatable bonds is 3. The van der Waals surface area contributed by atoms with Crippen molar-refractivity contribution in [2.75, 3.05) is 0 Å². The molecule has 3 aromatic rings. The monoisotopic (exact) mass is 351 g/mol. The van der Waals surface area contributed by atoms with Gasteiger partial charge in [0.25, 0.3) is 0 Å². The van der Waals surface area contributed by atoms with Crippen molar-refractivity contribution in [3.05, 3.63) is 89.1 Å². The van der Waals surface area contributed by atoms with E-state index in [9.17, 15) is 0 Å². The van der Waals surface area contributed by atoms with Gasteiger partial charge in [-0.25, -0.2) is 0 Å². The third kappa shape index (κ3) is 2.56.